The number of hydrogen-bond acceptors (Lipinski definition) is 2. The van der Waals surface area contributed by atoms with E-state index >= 15 is 0 Å². The summed E-state index contributed by atoms with van der Waals surface area (Å²) in [6.07, 6.45) is 2.27. The van der Waals surface area contributed by atoms with Crippen molar-refractivity contribution in [3.63, 3.8) is 0 Å². The Morgan fingerprint density at radius 2 is 2.00 bits per heavy atom. The smallest absolute Gasteiger partial charge is 0.126 e. The molecule has 1 N–H and O–H groups in total. The summed E-state index contributed by atoms with van der Waals surface area (Å²) < 4.78 is 18.6. The van der Waals surface area contributed by atoms with Crippen LogP contribution in [0, 0.1) is 5.82 Å². The Labute approximate surface area is 103 Å². The summed E-state index contributed by atoms with van der Waals surface area (Å²) in [5.74, 6) is 0.325. The van der Waals surface area contributed by atoms with Crippen LogP contribution in [-0.4, -0.2) is 18.7 Å². The summed E-state index contributed by atoms with van der Waals surface area (Å²) in [4.78, 5) is 0. The number of rotatable bonds is 7. The summed E-state index contributed by atoms with van der Waals surface area (Å²) in [7, 11) is 0. The number of halogens is 1. The van der Waals surface area contributed by atoms with Crippen molar-refractivity contribution in [3.05, 3.63) is 30.1 Å². The van der Waals surface area contributed by atoms with Gasteiger partial charge in [-0.25, -0.2) is 4.39 Å². The molecular formula is C14H22FNO. The van der Waals surface area contributed by atoms with E-state index in [2.05, 4.69) is 19.2 Å². The molecule has 17 heavy (non-hydrogen) atoms. The summed E-state index contributed by atoms with van der Waals surface area (Å²) in [6.45, 7) is 7.10. The fourth-order valence-corrected chi connectivity index (χ4v) is 1.72. The molecule has 0 aliphatic rings. The lowest BCUT2D eigenvalue weighted by Gasteiger charge is -2.19. The Morgan fingerprint density at radius 3 is 2.59 bits per heavy atom. The molecule has 0 amide bonds. The van der Waals surface area contributed by atoms with Gasteiger partial charge in [0.05, 0.1) is 0 Å². The molecule has 0 bridgehead atoms. The maximum atomic E-state index is 12.9. The molecule has 0 aromatic heterocycles. The number of hydrogen-bond donors (Lipinski definition) is 1. The van der Waals surface area contributed by atoms with Crippen molar-refractivity contribution in [3.8, 4) is 5.75 Å². The Kier molecular flexibility index (Phi) is 5.98. The van der Waals surface area contributed by atoms with Crippen molar-refractivity contribution in [1.29, 1.82) is 0 Å². The van der Waals surface area contributed by atoms with Crippen molar-refractivity contribution in [2.45, 2.75) is 45.8 Å². The van der Waals surface area contributed by atoms with Gasteiger partial charge in [0.1, 0.15) is 17.7 Å². The molecule has 1 atom stereocenters. The molecule has 1 aromatic carbocycles. The third-order valence-electron chi connectivity index (χ3n) is 2.81. The first-order valence-electron chi connectivity index (χ1n) is 6.31. The second-order valence-electron chi connectivity index (χ2n) is 4.31. The quantitative estimate of drug-likeness (QED) is 0.787. The lowest BCUT2D eigenvalue weighted by atomic mass is 10.1. The Balaban J connectivity index is 2.36. The summed E-state index contributed by atoms with van der Waals surface area (Å²) in [5.41, 5.74) is 0. The molecular weight excluding hydrogens is 217 g/mol. The lowest BCUT2D eigenvalue weighted by Crippen LogP contribution is -2.36. The summed E-state index contributed by atoms with van der Waals surface area (Å²) in [6, 6.07) is 6.80. The molecule has 96 valence electrons. The summed E-state index contributed by atoms with van der Waals surface area (Å²) in [5, 5.41) is 3.43. The molecule has 2 nitrogen and oxygen atoms in total. The molecule has 0 saturated carbocycles. The van der Waals surface area contributed by atoms with Gasteiger partial charge in [0.15, 0.2) is 0 Å². The topological polar surface area (TPSA) is 21.3 Å². The average Bonchev–Trinajstić information content (AvgIpc) is 2.30. The number of nitrogens with one attached hydrogen (secondary N) is 1. The van der Waals surface area contributed by atoms with Gasteiger partial charge in [-0.1, -0.05) is 19.9 Å². The molecule has 0 aliphatic heterocycles. The molecule has 3 heteroatoms. The highest BCUT2D eigenvalue weighted by Gasteiger charge is 2.07. The molecule has 0 spiro atoms. The molecule has 0 fully saturated rings. The standard InChI is InChI=1S/C14H22FNO/c1-4-13(5-2)16-10-11(3)17-14-8-6-7-12(15)9-14/h6-9,11,13,16H,4-5,10H2,1-3H3. The van der Waals surface area contributed by atoms with Crippen molar-refractivity contribution in [1.82, 2.24) is 5.32 Å². The molecule has 1 aromatic rings. The fourth-order valence-electron chi connectivity index (χ4n) is 1.72. The molecule has 1 rings (SSSR count). The first-order valence-corrected chi connectivity index (χ1v) is 6.31. The van der Waals surface area contributed by atoms with Gasteiger partial charge in [-0.3, -0.25) is 0 Å². The summed E-state index contributed by atoms with van der Waals surface area (Å²) >= 11 is 0. The zero-order valence-electron chi connectivity index (χ0n) is 10.9. The van der Waals surface area contributed by atoms with Crippen LogP contribution in [0.3, 0.4) is 0 Å². The van der Waals surface area contributed by atoms with Crippen LogP contribution < -0.4 is 10.1 Å². The maximum absolute atomic E-state index is 12.9. The van der Waals surface area contributed by atoms with Gasteiger partial charge in [-0.15, -0.1) is 0 Å². The minimum atomic E-state index is -0.261. The second kappa shape index (κ2) is 7.28. The van der Waals surface area contributed by atoms with Gasteiger partial charge < -0.3 is 10.1 Å². The highest BCUT2D eigenvalue weighted by atomic mass is 19.1. The molecule has 0 radical (unpaired) electrons. The number of benzene rings is 1. The Hall–Kier alpha value is -1.09. The van der Waals surface area contributed by atoms with E-state index in [1.165, 1.54) is 12.1 Å². The fraction of sp³-hybridized carbons (Fsp3) is 0.571. The van der Waals surface area contributed by atoms with E-state index in [9.17, 15) is 4.39 Å². The molecule has 0 heterocycles. The first kappa shape index (κ1) is 14.0. The van der Waals surface area contributed by atoms with Crippen LogP contribution in [0.4, 0.5) is 4.39 Å². The van der Waals surface area contributed by atoms with Crippen molar-refractivity contribution in [2.75, 3.05) is 6.54 Å². The van der Waals surface area contributed by atoms with E-state index in [4.69, 9.17) is 4.74 Å². The second-order valence-corrected chi connectivity index (χ2v) is 4.31. The van der Waals surface area contributed by atoms with Gasteiger partial charge in [0.2, 0.25) is 0 Å². The van der Waals surface area contributed by atoms with Crippen molar-refractivity contribution < 1.29 is 9.13 Å². The van der Waals surface area contributed by atoms with E-state index < -0.39 is 0 Å². The highest BCUT2D eigenvalue weighted by Crippen LogP contribution is 2.13. The Bertz CT molecular complexity index is 326. The van der Waals surface area contributed by atoms with Gasteiger partial charge in [-0.2, -0.15) is 0 Å². The third-order valence-corrected chi connectivity index (χ3v) is 2.81. The average molecular weight is 239 g/mol. The van der Waals surface area contributed by atoms with Crippen LogP contribution in [0.2, 0.25) is 0 Å². The molecule has 0 saturated heterocycles. The highest BCUT2D eigenvalue weighted by molar-refractivity contribution is 5.22. The first-order chi connectivity index (χ1) is 8.15. The third kappa shape index (κ3) is 5.18. The van der Waals surface area contributed by atoms with E-state index in [-0.39, 0.29) is 11.9 Å². The lowest BCUT2D eigenvalue weighted by molar-refractivity contribution is 0.209. The van der Waals surface area contributed by atoms with Crippen LogP contribution in [0.15, 0.2) is 24.3 Å². The predicted molar refractivity (Wildman–Crippen MR) is 68.9 cm³/mol. The largest absolute Gasteiger partial charge is 0.489 e. The van der Waals surface area contributed by atoms with Crippen LogP contribution in [-0.2, 0) is 0 Å². The zero-order valence-corrected chi connectivity index (χ0v) is 10.9. The zero-order chi connectivity index (χ0) is 12.7. The van der Waals surface area contributed by atoms with E-state index in [0.717, 1.165) is 19.4 Å². The molecule has 0 aliphatic carbocycles. The minimum Gasteiger partial charge on any atom is -0.489 e. The van der Waals surface area contributed by atoms with E-state index in [1.807, 2.05) is 6.92 Å². The van der Waals surface area contributed by atoms with Gasteiger partial charge >= 0.3 is 0 Å². The van der Waals surface area contributed by atoms with Gasteiger partial charge in [0, 0.05) is 18.7 Å². The van der Waals surface area contributed by atoms with Gasteiger partial charge in [-0.05, 0) is 31.9 Å². The maximum Gasteiger partial charge on any atom is 0.126 e. The van der Waals surface area contributed by atoms with Gasteiger partial charge in [0.25, 0.3) is 0 Å². The molecule has 1 unspecified atom stereocenters. The van der Waals surface area contributed by atoms with Crippen LogP contribution in [0.25, 0.3) is 0 Å². The van der Waals surface area contributed by atoms with E-state index in [0.29, 0.717) is 11.8 Å². The monoisotopic (exact) mass is 239 g/mol. The van der Waals surface area contributed by atoms with Crippen molar-refractivity contribution in [2.24, 2.45) is 0 Å². The SMILES string of the molecule is CCC(CC)NCC(C)Oc1cccc(F)c1. The van der Waals surface area contributed by atoms with Crippen LogP contribution in [0.5, 0.6) is 5.75 Å². The number of ether oxygens (including phenoxy) is 1. The van der Waals surface area contributed by atoms with Crippen LogP contribution in [0.1, 0.15) is 33.6 Å². The predicted octanol–water partition coefficient (Wildman–Crippen LogP) is 3.37. The van der Waals surface area contributed by atoms with E-state index in [1.54, 1.807) is 12.1 Å². The minimum absolute atomic E-state index is 0.0393. The Morgan fingerprint density at radius 1 is 1.29 bits per heavy atom. The van der Waals surface area contributed by atoms with Crippen molar-refractivity contribution >= 4 is 0 Å². The van der Waals surface area contributed by atoms with Crippen LogP contribution >= 0.6 is 0 Å². The normalized spacial score (nSPS) is 12.8.